The van der Waals surface area contributed by atoms with Crippen molar-refractivity contribution in [1.82, 2.24) is 10.3 Å². The van der Waals surface area contributed by atoms with Crippen molar-refractivity contribution >= 4 is 17.0 Å². The van der Waals surface area contributed by atoms with Gasteiger partial charge in [-0.2, -0.15) is 0 Å². The van der Waals surface area contributed by atoms with Crippen LogP contribution in [0.4, 0.5) is 0 Å². The molecule has 0 unspecified atom stereocenters. The SMILES string of the molecule is Cc1ccc(OCC(=O)NC(C)C)c(-c2nc3ccc(C)cc3o2)c1. The second-order valence-corrected chi connectivity index (χ2v) is 6.50. The molecular weight excluding hydrogens is 316 g/mol. The summed E-state index contributed by atoms with van der Waals surface area (Å²) in [5, 5.41) is 2.81. The quantitative estimate of drug-likeness (QED) is 0.763. The van der Waals surface area contributed by atoms with Gasteiger partial charge in [0.25, 0.3) is 5.91 Å². The predicted octanol–water partition coefficient (Wildman–Crippen LogP) is 4.02. The number of fused-ring (bicyclic) bond motifs is 1. The molecule has 1 N–H and O–H groups in total. The Bertz CT molecular complexity index is 912. The summed E-state index contributed by atoms with van der Waals surface area (Å²) in [6.07, 6.45) is 0. The minimum absolute atomic E-state index is 0.0480. The van der Waals surface area contributed by atoms with Crippen LogP contribution >= 0.6 is 0 Å². The largest absolute Gasteiger partial charge is 0.483 e. The van der Waals surface area contributed by atoms with E-state index in [4.69, 9.17) is 9.15 Å². The molecule has 0 saturated heterocycles. The van der Waals surface area contributed by atoms with Crippen molar-refractivity contribution in [2.45, 2.75) is 33.7 Å². The molecule has 0 aliphatic rings. The van der Waals surface area contributed by atoms with E-state index >= 15 is 0 Å². The Labute approximate surface area is 147 Å². The molecule has 1 heterocycles. The molecule has 25 heavy (non-hydrogen) atoms. The number of nitrogens with zero attached hydrogens (tertiary/aromatic N) is 1. The molecule has 0 bridgehead atoms. The molecule has 130 valence electrons. The number of rotatable bonds is 5. The minimum Gasteiger partial charge on any atom is -0.483 e. The fourth-order valence-corrected chi connectivity index (χ4v) is 2.59. The number of aryl methyl sites for hydroxylation is 2. The molecule has 0 atom stereocenters. The second kappa shape index (κ2) is 6.97. The Kier molecular flexibility index (Phi) is 4.74. The summed E-state index contributed by atoms with van der Waals surface area (Å²) >= 11 is 0. The third kappa shape index (κ3) is 3.99. The molecule has 0 spiro atoms. The van der Waals surface area contributed by atoms with Gasteiger partial charge in [0, 0.05) is 6.04 Å². The zero-order chi connectivity index (χ0) is 18.0. The van der Waals surface area contributed by atoms with Crippen molar-refractivity contribution in [2.24, 2.45) is 0 Å². The molecule has 0 fully saturated rings. The van der Waals surface area contributed by atoms with Gasteiger partial charge in [-0.05, 0) is 57.5 Å². The number of aromatic nitrogens is 1. The van der Waals surface area contributed by atoms with Gasteiger partial charge in [0.15, 0.2) is 12.2 Å². The Balaban J connectivity index is 1.91. The first-order valence-corrected chi connectivity index (χ1v) is 8.33. The first kappa shape index (κ1) is 17.0. The molecular formula is C20H22N2O3. The topological polar surface area (TPSA) is 64.4 Å². The number of amides is 1. The van der Waals surface area contributed by atoms with Crippen molar-refractivity contribution in [3.63, 3.8) is 0 Å². The van der Waals surface area contributed by atoms with Gasteiger partial charge in [-0.15, -0.1) is 0 Å². The highest BCUT2D eigenvalue weighted by Crippen LogP contribution is 2.33. The van der Waals surface area contributed by atoms with E-state index in [9.17, 15) is 4.79 Å². The lowest BCUT2D eigenvalue weighted by Crippen LogP contribution is -2.34. The maximum Gasteiger partial charge on any atom is 0.258 e. The number of ether oxygens (including phenoxy) is 1. The van der Waals surface area contributed by atoms with Gasteiger partial charge in [0.2, 0.25) is 5.89 Å². The van der Waals surface area contributed by atoms with Crippen LogP contribution in [0.5, 0.6) is 5.75 Å². The van der Waals surface area contributed by atoms with Crippen LogP contribution in [-0.4, -0.2) is 23.5 Å². The molecule has 1 amide bonds. The number of hydrogen-bond donors (Lipinski definition) is 1. The Hall–Kier alpha value is -2.82. The first-order valence-electron chi connectivity index (χ1n) is 8.33. The molecule has 2 aromatic carbocycles. The van der Waals surface area contributed by atoms with Crippen LogP contribution in [0, 0.1) is 13.8 Å². The zero-order valence-electron chi connectivity index (χ0n) is 14.9. The number of carbonyl (C=O) groups excluding carboxylic acids is 1. The molecule has 5 heteroatoms. The lowest BCUT2D eigenvalue weighted by Gasteiger charge is -2.12. The van der Waals surface area contributed by atoms with Crippen molar-refractivity contribution in [3.05, 3.63) is 47.5 Å². The average molecular weight is 338 g/mol. The van der Waals surface area contributed by atoms with Gasteiger partial charge < -0.3 is 14.5 Å². The van der Waals surface area contributed by atoms with Gasteiger partial charge in [0.05, 0.1) is 5.56 Å². The Morgan fingerprint density at radius 3 is 2.64 bits per heavy atom. The number of oxazole rings is 1. The standard InChI is InChI=1S/C20H22N2O3/c1-12(2)21-19(23)11-24-17-8-6-13(3)9-15(17)20-22-16-7-5-14(4)10-18(16)25-20/h5-10,12H,11H2,1-4H3,(H,21,23). The van der Waals surface area contributed by atoms with Crippen LogP contribution in [-0.2, 0) is 4.79 Å². The van der Waals surface area contributed by atoms with Crippen molar-refractivity contribution in [3.8, 4) is 17.2 Å². The Morgan fingerprint density at radius 1 is 1.16 bits per heavy atom. The average Bonchev–Trinajstić information content (AvgIpc) is 2.95. The number of benzene rings is 2. The maximum atomic E-state index is 11.8. The van der Waals surface area contributed by atoms with E-state index in [1.54, 1.807) is 0 Å². The monoisotopic (exact) mass is 338 g/mol. The van der Waals surface area contributed by atoms with E-state index in [2.05, 4.69) is 10.3 Å². The van der Waals surface area contributed by atoms with Gasteiger partial charge >= 0.3 is 0 Å². The molecule has 3 rings (SSSR count). The summed E-state index contributed by atoms with van der Waals surface area (Å²) < 4.78 is 11.6. The van der Waals surface area contributed by atoms with Crippen LogP contribution < -0.4 is 10.1 Å². The van der Waals surface area contributed by atoms with Crippen molar-refractivity contribution < 1.29 is 13.9 Å². The number of nitrogens with one attached hydrogen (secondary N) is 1. The third-order valence-corrected chi connectivity index (χ3v) is 3.72. The van der Waals surface area contributed by atoms with Gasteiger partial charge in [-0.3, -0.25) is 4.79 Å². The summed E-state index contributed by atoms with van der Waals surface area (Å²) in [6.45, 7) is 7.78. The predicted molar refractivity (Wildman–Crippen MR) is 97.7 cm³/mol. The van der Waals surface area contributed by atoms with Crippen LogP contribution in [0.25, 0.3) is 22.6 Å². The first-order chi connectivity index (χ1) is 11.9. The van der Waals surface area contributed by atoms with Crippen LogP contribution in [0.3, 0.4) is 0 Å². The van der Waals surface area contributed by atoms with Gasteiger partial charge in [0.1, 0.15) is 11.3 Å². The zero-order valence-corrected chi connectivity index (χ0v) is 14.9. The highest BCUT2D eigenvalue weighted by atomic mass is 16.5. The minimum atomic E-state index is -0.158. The highest BCUT2D eigenvalue weighted by molar-refractivity contribution is 5.80. The summed E-state index contributed by atoms with van der Waals surface area (Å²) in [5.41, 5.74) is 4.45. The van der Waals surface area contributed by atoms with E-state index in [1.165, 1.54) is 0 Å². The van der Waals surface area contributed by atoms with E-state index in [1.807, 2.05) is 64.1 Å². The van der Waals surface area contributed by atoms with E-state index in [0.29, 0.717) is 11.6 Å². The summed E-state index contributed by atoms with van der Waals surface area (Å²) in [4.78, 5) is 16.4. The van der Waals surface area contributed by atoms with Crippen molar-refractivity contribution in [1.29, 1.82) is 0 Å². The lowest BCUT2D eigenvalue weighted by atomic mass is 10.1. The molecule has 0 saturated carbocycles. The van der Waals surface area contributed by atoms with Crippen LogP contribution in [0.1, 0.15) is 25.0 Å². The third-order valence-electron chi connectivity index (χ3n) is 3.72. The second-order valence-electron chi connectivity index (χ2n) is 6.50. The summed E-state index contributed by atoms with van der Waals surface area (Å²) in [6, 6.07) is 11.7. The maximum absolute atomic E-state index is 11.8. The number of carbonyl (C=O) groups is 1. The van der Waals surface area contributed by atoms with Crippen molar-refractivity contribution in [2.75, 3.05) is 6.61 Å². The fourth-order valence-electron chi connectivity index (χ4n) is 2.59. The highest BCUT2D eigenvalue weighted by Gasteiger charge is 2.15. The van der Waals surface area contributed by atoms with E-state index in [-0.39, 0.29) is 18.6 Å². The van der Waals surface area contributed by atoms with Crippen LogP contribution in [0.15, 0.2) is 40.8 Å². The van der Waals surface area contributed by atoms with Crippen LogP contribution in [0.2, 0.25) is 0 Å². The smallest absolute Gasteiger partial charge is 0.258 e. The van der Waals surface area contributed by atoms with Gasteiger partial charge in [-0.25, -0.2) is 4.98 Å². The summed E-state index contributed by atoms with van der Waals surface area (Å²) in [7, 11) is 0. The molecule has 1 aromatic heterocycles. The molecule has 0 aliphatic heterocycles. The number of hydrogen-bond acceptors (Lipinski definition) is 4. The van der Waals surface area contributed by atoms with Gasteiger partial charge in [-0.1, -0.05) is 17.7 Å². The molecule has 5 nitrogen and oxygen atoms in total. The molecule has 0 radical (unpaired) electrons. The normalized spacial score (nSPS) is 11.1. The molecule has 3 aromatic rings. The molecule has 0 aliphatic carbocycles. The summed E-state index contributed by atoms with van der Waals surface area (Å²) in [5.74, 6) is 0.908. The van der Waals surface area contributed by atoms with E-state index < -0.39 is 0 Å². The van der Waals surface area contributed by atoms with E-state index in [0.717, 1.165) is 27.8 Å². The lowest BCUT2D eigenvalue weighted by molar-refractivity contribution is -0.123. The fraction of sp³-hybridized carbons (Fsp3) is 0.300. The Morgan fingerprint density at radius 2 is 1.88 bits per heavy atom.